The first-order valence-electron chi connectivity index (χ1n) is 9.10. The number of primary sulfonamides is 1. The summed E-state index contributed by atoms with van der Waals surface area (Å²) in [6.45, 7) is 3.86. The van der Waals surface area contributed by atoms with Crippen molar-refractivity contribution in [2.75, 3.05) is 33.3 Å². The van der Waals surface area contributed by atoms with Gasteiger partial charge in [-0.2, -0.15) is 0 Å². The largest absolute Gasteiger partial charge is 0.497 e. The molecule has 1 aliphatic rings. The maximum Gasteiger partial charge on any atom is 0.238 e. The van der Waals surface area contributed by atoms with E-state index in [1.807, 2.05) is 17.0 Å². The van der Waals surface area contributed by atoms with Crippen LogP contribution in [0.3, 0.4) is 0 Å². The van der Waals surface area contributed by atoms with E-state index in [0.717, 1.165) is 30.9 Å². The molecule has 1 amide bonds. The van der Waals surface area contributed by atoms with E-state index in [4.69, 9.17) is 9.88 Å². The fourth-order valence-electron chi connectivity index (χ4n) is 3.23. The van der Waals surface area contributed by atoms with Crippen molar-refractivity contribution < 1.29 is 17.9 Å². The van der Waals surface area contributed by atoms with Gasteiger partial charge in [-0.15, -0.1) is 0 Å². The Kier molecular flexibility index (Phi) is 6.33. The zero-order chi connectivity index (χ0) is 20.1. The van der Waals surface area contributed by atoms with E-state index >= 15 is 0 Å². The molecule has 0 spiro atoms. The average molecular weight is 404 g/mol. The number of nitrogens with two attached hydrogens (primary N) is 1. The van der Waals surface area contributed by atoms with Crippen LogP contribution in [0.5, 0.6) is 5.75 Å². The first kappa shape index (κ1) is 20.3. The third-order valence-corrected chi connectivity index (χ3v) is 5.83. The Bertz CT molecular complexity index is 903. The second kappa shape index (κ2) is 8.72. The van der Waals surface area contributed by atoms with Crippen molar-refractivity contribution in [3.63, 3.8) is 0 Å². The van der Waals surface area contributed by atoms with Crippen LogP contribution < -0.4 is 9.88 Å². The molecule has 0 aromatic heterocycles. The van der Waals surface area contributed by atoms with Crippen LogP contribution in [0.15, 0.2) is 53.4 Å². The van der Waals surface area contributed by atoms with Crippen LogP contribution in [-0.2, 0) is 27.8 Å². The van der Waals surface area contributed by atoms with Crippen LogP contribution in [0.4, 0.5) is 0 Å². The lowest BCUT2D eigenvalue weighted by Crippen LogP contribution is -2.48. The predicted molar refractivity (Wildman–Crippen MR) is 106 cm³/mol. The summed E-state index contributed by atoms with van der Waals surface area (Å²) in [5, 5.41) is 5.09. The molecule has 7 nitrogen and oxygen atoms in total. The number of hydrogen-bond donors (Lipinski definition) is 1. The summed E-state index contributed by atoms with van der Waals surface area (Å²) in [5.41, 5.74) is 1.99. The van der Waals surface area contributed by atoms with E-state index in [9.17, 15) is 13.2 Å². The van der Waals surface area contributed by atoms with Crippen molar-refractivity contribution in [2.24, 2.45) is 5.14 Å². The standard InChI is InChI=1S/C20H25N3O4S/c1-27-18-6-2-17(3-7-18)15-22-10-12-23(13-11-22)20(24)14-16-4-8-19(9-5-16)28(21,25)26/h2-9H,10-15H2,1H3,(H2,21,25,26). The molecule has 1 fully saturated rings. The van der Waals surface area contributed by atoms with Crippen LogP contribution in [-0.4, -0.2) is 57.4 Å². The Labute approximate surface area is 165 Å². The molecule has 28 heavy (non-hydrogen) atoms. The van der Waals surface area contributed by atoms with Gasteiger partial charge in [0.1, 0.15) is 5.75 Å². The number of ether oxygens (including phenoxy) is 1. The minimum absolute atomic E-state index is 0.0486. The first-order valence-corrected chi connectivity index (χ1v) is 10.6. The third-order valence-electron chi connectivity index (χ3n) is 4.90. The van der Waals surface area contributed by atoms with E-state index in [1.54, 1.807) is 19.2 Å². The Hall–Kier alpha value is -2.42. The lowest BCUT2D eigenvalue weighted by Gasteiger charge is -2.35. The fraction of sp³-hybridized carbons (Fsp3) is 0.350. The summed E-state index contributed by atoms with van der Waals surface area (Å²) in [4.78, 5) is 16.8. The van der Waals surface area contributed by atoms with E-state index in [0.29, 0.717) is 13.1 Å². The predicted octanol–water partition coefficient (Wildman–Crippen LogP) is 1.23. The van der Waals surface area contributed by atoms with E-state index in [2.05, 4.69) is 17.0 Å². The molecular weight excluding hydrogens is 378 g/mol. The Morgan fingerprint density at radius 3 is 2.07 bits per heavy atom. The minimum Gasteiger partial charge on any atom is -0.497 e. The number of piperazine rings is 1. The second-order valence-corrected chi connectivity index (χ2v) is 8.43. The van der Waals surface area contributed by atoms with Crippen molar-refractivity contribution in [1.82, 2.24) is 9.80 Å². The molecule has 0 radical (unpaired) electrons. The van der Waals surface area contributed by atoms with Crippen LogP contribution in [0, 0.1) is 0 Å². The van der Waals surface area contributed by atoms with Gasteiger partial charge in [0.25, 0.3) is 0 Å². The lowest BCUT2D eigenvalue weighted by molar-refractivity contribution is -0.132. The monoisotopic (exact) mass is 403 g/mol. The number of carbonyl (C=O) groups is 1. The molecule has 1 aliphatic heterocycles. The summed E-state index contributed by atoms with van der Waals surface area (Å²) in [6.07, 6.45) is 0.253. The highest BCUT2D eigenvalue weighted by Gasteiger charge is 2.21. The van der Waals surface area contributed by atoms with Crippen molar-refractivity contribution in [3.05, 3.63) is 59.7 Å². The number of rotatable bonds is 6. The van der Waals surface area contributed by atoms with Crippen molar-refractivity contribution in [2.45, 2.75) is 17.9 Å². The number of sulfonamides is 1. The topological polar surface area (TPSA) is 92.9 Å². The summed E-state index contributed by atoms with van der Waals surface area (Å²) in [6, 6.07) is 14.2. The maximum absolute atomic E-state index is 12.5. The van der Waals surface area contributed by atoms with Crippen LogP contribution >= 0.6 is 0 Å². The normalized spacial score (nSPS) is 15.4. The zero-order valence-corrected chi connectivity index (χ0v) is 16.7. The zero-order valence-electron chi connectivity index (χ0n) is 15.9. The Morgan fingerprint density at radius 1 is 0.964 bits per heavy atom. The minimum atomic E-state index is -3.71. The molecule has 0 saturated carbocycles. The van der Waals surface area contributed by atoms with Crippen molar-refractivity contribution in [3.8, 4) is 5.75 Å². The SMILES string of the molecule is COc1ccc(CN2CCN(C(=O)Cc3ccc(S(N)(=O)=O)cc3)CC2)cc1. The molecule has 150 valence electrons. The average Bonchev–Trinajstić information content (AvgIpc) is 2.69. The summed E-state index contributed by atoms with van der Waals surface area (Å²) in [7, 11) is -2.06. The van der Waals surface area contributed by atoms with Crippen LogP contribution in [0.1, 0.15) is 11.1 Å². The van der Waals surface area contributed by atoms with E-state index < -0.39 is 10.0 Å². The van der Waals surface area contributed by atoms with Gasteiger partial charge in [0, 0.05) is 32.7 Å². The van der Waals surface area contributed by atoms with Gasteiger partial charge >= 0.3 is 0 Å². The van der Waals surface area contributed by atoms with Crippen molar-refractivity contribution >= 4 is 15.9 Å². The highest BCUT2D eigenvalue weighted by Crippen LogP contribution is 2.15. The quantitative estimate of drug-likeness (QED) is 0.783. The first-order chi connectivity index (χ1) is 13.3. The van der Waals surface area contributed by atoms with Crippen molar-refractivity contribution in [1.29, 1.82) is 0 Å². The van der Waals surface area contributed by atoms with Gasteiger partial charge in [-0.1, -0.05) is 24.3 Å². The molecule has 8 heteroatoms. The number of methoxy groups -OCH3 is 1. The lowest BCUT2D eigenvalue weighted by atomic mass is 10.1. The van der Waals surface area contributed by atoms with Gasteiger partial charge in [-0.05, 0) is 35.4 Å². The Balaban J connectivity index is 1.49. The molecule has 0 atom stereocenters. The summed E-state index contributed by atoms with van der Waals surface area (Å²) < 4.78 is 27.8. The van der Waals surface area contributed by atoms with Gasteiger partial charge in [0.05, 0.1) is 18.4 Å². The van der Waals surface area contributed by atoms with Gasteiger partial charge in [0.15, 0.2) is 0 Å². The molecule has 3 rings (SSSR count). The van der Waals surface area contributed by atoms with Crippen LogP contribution in [0.2, 0.25) is 0 Å². The summed E-state index contributed by atoms with van der Waals surface area (Å²) >= 11 is 0. The molecule has 2 aromatic carbocycles. The number of carbonyl (C=O) groups excluding carboxylic acids is 1. The molecule has 1 heterocycles. The van der Waals surface area contributed by atoms with Crippen LogP contribution in [0.25, 0.3) is 0 Å². The fourth-order valence-corrected chi connectivity index (χ4v) is 3.74. The van der Waals surface area contributed by atoms with Gasteiger partial charge in [-0.3, -0.25) is 9.69 Å². The smallest absolute Gasteiger partial charge is 0.238 e. The molecule has 1 saturated heterocycles. The third kappa shape index (κ3) is 5.31. The summed E-state index contributed by atoms with van der Waals surface area (Å²) in [5.74, 6) is 0.892. The molecule has 2 aromatic rings. The number of amides is 1. The van der Waals surface area contributed by atoms with E-state index in [1.165, 1.54) is 17.7 Å². The number of hydrogen-bond acceptors (Lipinski definition) is 5. The van der Waals surface area contributed by atoms with Gasteiger partial charge in [-0.25, -0.2) is 13.6 Å². The number of nitrogens with zero attached hydrogens (tertiary/aromatic N) is 2. The number of benzene rings is 2. The molecule has 2 N–H and O–H groups in total. The molecule has 0 aliphatic carbocycles. The Morgan fingerprint density at radius 2 is 1.54 bits per heavy atom. The van der Waals surface area contributed by atoms with Gasteiger partial charge in [0.2, 0.25) is 15.9 Å². The molecule has 0 bridgehead atoms. The molecule has 0 unspecified atom stereocenters. The highest BCUT2D eigenvalue weighted by molar-refractivity contribution is 7.89. The highest BCUT2D eigenvalue weighted by atomic mass is 32.2. The maximum atomic E-state index is 12.5. The van der Waals surface area contributed by atoms with E-state index in [-0.39, 0.29) is 17.2 Å². The van der Waals surface area contributed by atoms with Gasteiger partial charge < -0.3 is 9.64 Å². The molecular formula is C20H25N3O4S. The second-order valence-electron chi connectivity index (χ2n) is 6.87.